The number of benzene rings is 2. The highest BCUT2D eigenvalue weighted by Gasteiger charge is 2.04. The first kappa shape index (κ1) is 18.8. The molecule has 120 valence electrons. The average molecular weight is 339 g/mol. The van der Waals surface area contributed by atoms with E-state index in [-0.39, 0.29) is 24.4 Å². The number of hydrogen-bond acceptors (Lipinski definition) is 3. The Balaban J connectivity index is 0.00000242. The Morgan fingerprint density at radius 3 is 2.73 bits per heavy atom. The molecule has 3 nitrogen and oxygen atoms in total. The van der Waals surface area contributed by atoms with Gasteiger partial charge in [-0.05, 0) is 23.3 Å². The zero-order valence-corrected chi connectivity index (χ0v) is 14.4. The van der Waals surface area contributed by atoms with E-state index in [0.717, 1.165) is 11.5 Å². The lowest BCUT2D eigenvalue weighted by atomic mass is 10.1. The third-order valence-corrected chi connectivity index (χ3v) is 4.22. The van der Waals surface area contributed by atoms with E-state index in [2.05, 4.69) is 47.8 Å². The first-order valence-corrected chi connectivity index (χ1v) is 8.39. The second-order valence-electron chi connectivity index (χ2n) is 5.22. The molecule has 1 atom stereocenters. The fourth-order valence-corrected chi connectivity index (χ4v) is 3.09. The molecular formula is C17H23ClN2OS. The largest absolute Gasteiger partial charge is 0.355 e. The van der Waals surface area contributed by atoms with Crippen LogP contribution in [0.3, 0.4) is 0 Å². The van der Waals surface area contributed by atoms with Gasteiger partial charge in [0.1, 0.15) is 0 Å². The van der Waals surface area contributed by atoms with Crippen molar-refractivity contribution in [3.05, 3.63) is 48.0 Å². The van der Waals surface area contributed by atoms with Crippen molar-refractivity contribution in [1.29, 1.82) is 0 Å². The van der Waals surface area contributed by atoms with Crippen LogP contribution in [0.5, 0.6) is 0 Å². The number of nitrogens with one attached hydrogen (secondary N) is 1. The molecule has 2 aromatic carbocycles. The van der Waals surface area contributed by atoms with Crippen molar-refractivity contribution in [3.63, 3.8) is 0 Å². The lowest BCUT2D eigenvalue weighted by molar-refractivity contribution is -0.121. The topological polar surface area (TPSA) is 55.1 Å². The number of amides is 1. The van der Waals surface area contributed by atoms with E-state index in [9.17, 15) is 4.79 Å². The van der Waals surface area contributed by atoms with Gasteiger partial charge in [0.25, 0.3) is 0 Å². The van der Waals surface area contributed by atoms with Crippen LogP contribution >= 0.6 is 24.2 Å². The van der Waals surface area contributed by atoms with Gasteiger partial charge in [0, 0.05) is 30.5 Å². The van der Waals surface area contributed by atoms with Crippen molar-refractivity contribution in [2.24, 2.45) is 5.73 Å². The Bertz CT molecular complexity index is 599. The number of hydrogen-bond donors (Lipinski definition) is 2. The van der Waals surface area contributed by atoms with Crippen LogP contribution in [0.4, 0.5) is 0 Å². The maximum Gasteiger partial charge on any atom is 0.221 e. The molecule has 2 aromatic rings. The van der Waals surface area contributed by atoms with Gasteiger partial charge in [-0.15, -0.1) is 12.4 Å². The number of thioether (sulfide) groups is 1. The van der Waals surface area contributed by atoms with Gasteiger partial charge in [-0.3, -0.25) is 4.79 Å². The second kappa shape index (κ2) is 9.72. The fraction of sp³-hybridized carbons (Fsp3) is 0.353. The van der Waals surface area contributed by atoms with Crippen LogP contribution < -0.4 is 11.1 Å². The van der Waals surface area contributed by atoms with E-state index in [4.69, 9.17) is 5.73 Å². The number of carbonyl (C=O) groups is 1. The quantitative estimate of drug-likeness (QED) is 0.761. The van der Waals surface area contributed by atoms with Crippen molar-refractivity contribution >= 4 is 40.8 Å². The van der Waals surface area contributed by atoms with Crippen molar-refractivity contribution in [2.75, 3.05) is 12.3 Å². The molecule has 0 aliphatic carbocycles. The van der Waals surface area contributed by atoms with Gasteiger partial charge in [0.05, 0.1) is 0 Å². The van der Waals surface area contributed by atoms with Crippen LogP contribution in [0.2, 0.25) is 0 Å². The number of rotatable bonds is 7. The molecule has 0 aromatic heterocycles. The summed E-state index contributed by atoms with van der Waals surface area (Å²) in [5.41, 5.74) is 6.93. The summed E-state index contributed by atoms with van der Waals surface area (Å²) in [4.78, 5) is 11.5. The Hall–Kier alpha value is -1.23. The van der Waals surface area contributed by atoms with Gasteiger partial charge < -0.3 is 11.1 Å². The fourth-order valence-electron chi connectivity index (χ4n) is 2.23. The lowest BCUT2D eigenvalue weighted by Crippen LogP contribution is -2.31. The van der Waals surface area contributed by atoms with Crippen LogP contribution in [-0.4, -0.2) is 24.2 Å². The van der Waals surface area contributed by atoms with Gasteiger partial charge in [0.2, 0.25) is 5.91 Å². The van der Waals surface area contributed by atoms with E-state index in [1.54, 1.807) is 0 Å². The Morgan fingerprint density at radius 1 is 1.23 bits per heavy atom. The smallest absolute Gasteiger partial charge is 0.221 e. The Morgan fingerprint density at radius 2 is 1.95 bits per heavy atom. The van der Waals surface area contributed by atoms with Gasteiger partial charge in [-0.1, -0.05) is 42.5 Å². The SMILES string of the molecule is CC(N)CC(=O)NCCSCc1cccc2ccccc12.Cl. The van der Waals surface area contributed by atoms with Crippen LogP contribution in [0.1, 0.15) is 18.9 Å². The van der Waals surface area contributed by atoms with E-state index in [1.807, 2.05) is 18.7 Å². The highest BCUT2D eigenvalue weighted by atomic mass is 35.5. The molecule has 0 fully saturated rings. The molecule has 22 heavy (non-hydrogen) atoms. The van der Waals surface area contributed by atoms with Crippen LogP contribution in [-0.2, 0) is 10.5 Å². The molecule has 3 N–H and O–H groups in total. The average Bonchev–Trinajstić information content (AvgIpc) is 2.46. The third-order valence-electron chi connectivity index (χ3n) is 3.21. The van der Waals surface area contributed by atoms with Crippen molar-refractivity contribution in [3.8, 4) is 0 Å². The first-order valence-electron chi connectivity index (χ1n) is 7.23. The van der Waals surface area contributed by atoms with Gasteiger partial charge in [-0.2, -0.15) is 11.8 Å². The summed E-state index contributed by atoms with van der Waals surface area (Å²) in [6, 6.07) is 14.8. The molecule has 2 rings (SSSR count). The predicted molar refractivity (Wildman–Crippen MR) is 98.6 cm³/mol. The molecule has 1 unspecified atom stereocenters. The van der Waals surface area contributed by atoms with Gasteiger partial charge >= 0.3 is 0 Å². The number of fused-ring (bicyclic) bond motifs is 1. The molecule has 0 aliphatic rings. The zero-order chi connectivity index (χ0) is 15.1. The summed E-state index contributed by atoms with van der Waals surface area (Å²) in [6.45, 7) is 2.54. The van der Waals surface area contributed by atoms with Gasteiger partial charge in [-0.25, -0.2) is 0 Å². The Kier molecular flexibility index (Phi) is 8.31. The molecular weight excluding hydrogens is 316 g/mol. The van der Waals surface area contributed by atoms with Gasteiger partial charge in [0.15, 0.2) is 0 Å². The van der Waals surface area contributed by atoms with Crippen LogP contribution in [0.25, 0.3) is 10.8 Å². The van der Waals surface area contributed by atoms with E-state index in [0.29, 0.717) is 13.0 Å². The summed E-state index contributed by atoms with van der Waals surface area (Å²) < 4.78 is 0. The molecule has 0 spiro atoms. The Labute approximate surface area is 142 Å². The third kappa shape index (κ3) is 5.87. The highest BCUT2D eigenvalue weighted by Crippen LogP contribution is 2.22. The summed E-state index contributed by atoms with van der Waals surface area (Å²) in [6.07, 6.45) is 0.397. The van der Waals surface area contributed by atoms with Crippen molar-refractivity contribution in [1.82, 2.24) is 5.32 Å². The van der Waals surface area contributed by atoms with E-state index in [1.165, 1.54) is 16.3 Å². The molecule has 0 radical (unpaired) electrons. The molecule has 0 heterocycles. The van der Waals surface area contributed by atoms with Crippen molar-refractivity contribution in [2.45, 2.75) is 25.1 Å². The molecule has 0 aliphatic heterocycles. The molecule has 5 heteroatoms. The summed E-state index contributed by atoms with van der Waals surface area (Å²) in [5.74, 6) is 1.91. The van der Waals surface area contributed by atoms with Crippen LogP contribution in [0, 0.1) is 0 Å². The predicted octanol–water partition coefficient (Wildman–Crippen LogP) is 3.35. The molecule has 0 bridgehead atoms. The summed E-state index contributed by atoms with van der Waals surface area (Å²) in [5, 5.41) is 5.49. The normalized spacial score (nSPS) is 11.7. The van der Waals surface area contributed by atoms with Crippen LogP contribution in [0.15, 0.2) is 42.5 Å². The zero-order valence-electron chi connectivity index (χ0n) is 12.7. The first-order chi connectivity index (χ1) is 10.2. The van der Waals surface area contributed by atoms with E-state index >= 15 is 0 Å². The molecule has 0 saturated carbocycles. The lowest BCUT2D eigenvalue weighted by Gasteiger charge is -2.08. The minimum Gasteiger partial charge on any atom is -0.355 e. The summed E-state index contributed by atoms with van der Waals surface area (Å²) >= 11 is 1.84. The van der Waals surface area contributed by atoms with E-state index < -0.39 is 0 Å². The standard InChI is InChI=1S/C17H22N2OS.ClH/c1-13(18)11-17(20)19-9-10-21-12-15-7-4-6-14-5-2-3-8-16(14)15;/h2-8,13H,9-12,18H2,1H3,(H,19,20);1H. The second-order valence-corrected chi connectivity index (χ2v) is 6.33. The molecule has 0 saturated heterocycles. The number of nitrogens with two attached hydrogens (primary N) is 1. The maximum atomic E-state index is 11.5. The van der Waals surface area contributed by atoms with Crippen molar-refractivity contribution < 1.29 is 4.79 Å². The maximum absolute atomic E-state index is 11.5. The minimum absolute atomic E-state index is 0. The number of halogens is 1. The number of carbonyl (C=O) groups excluding carboxylic acids is 1. The highest BCUT2D eigenvalue weighted by molar-refractivity contribution is 7.98. The monoisotopic (exact) mass is 338 g/mol. The molecule has 1 amide bonds. The minimum atomic E-state index is -0.0756. The summed E-state index contributed by atoms with van der Waals surface area (Å²) in [7, 11) is 0.